The van der Waals surface area contributed by atoms with Gasteiger partial charge in [-0.3, -0.25) is 14.4 Å². The Bertz CT molecular complexity index is 745. The Hall–Kier alpha value is -2.02. The second kappa shape index (κ2) is 7.31. The Morgan fingerprint density at radius 1 is 1.31 bits per heavy atom. The summed E-state index contributed by atoms with van der Waals surface area (Å²) in [5, 5.41) is 12.4. The molecule has 1 saturated carbocycles. The predicted octanol–water partition coefficient (Wildman–Crippen LogP) is 2.79. The van der Waals surface area contributed by atoms with E-state index in [9.17, 15) is 19.5 Å². The molecule has 1 aliphatic heterocycles. The minimum atomic E-state index is -0.932. The number of anilines is 1. The highest BCUT2D eigenvalue weighted by molar-refractivity contribution is 7.99. The monoisotopic (exact) mass is 376 g/mol. The van der Waals surface area contributed by atoms with Crippen LogP contribution in [0.3, 0.4) is 0 Å². The van der Waals surface area contributed by atoms with Gasteiger partial charge in [0.2, 0.25) is 11.8 Å². The van der Waals surface area contributed by atoms with Crippen molar-refractivity contribution in [3.05, 3.63) is 29.3 Å². The summed E-state index contributed by atoms with van der Waals surface area (Å²) in [6.07, 6.45) is 1.89. The molecule has 6 nitrogen and oxygen atoms in total. The fourth-order valence-electron chi connectivity index (χ4n) is 3.54. The topological polar surface area (TPSA) is 86.7 Å². The largest absolute Gasteiger partial charge is 0.481 e. The van der Waals surface area contributed by atoms with Crippen LogP contribution in [0, 0.1) is 19.3 Å². The lowest BCUT2D eigenvalue weighted by Gasteiger charge is -2.38. The molecule has 2 N–H and O–H groups in total. The van der Waals surface area contributed by atoms with Gasteiger partial charge in [0.1, 0.15) is 6.04 Å². The van der Waals surface area contributed by atoms with E-state index in [0.717, 1.165) is 23.2 Å². The highest BCUT2D eigenvalue weighted by atomic mass is 32.2. The number of hydrogen-bond donors (Lipinski definition) is 2. The number of benzene rings is 1. The molecule has 0 radical (unpaired) electrons. The molecule has 1 atom stereocenters. The average Bonchev–Trinajstić information content (AvgIpc) is 3.02. The Kier molecular flexibility index (Phi) is 5.27. The smallest absolute Gasteiger partial charge is 0.310 e. The quantitative estimate of drug-likeness (QED) is 0.825. The molecule has 2 amide bonds. The zero-order valence-electron chi connectivity index (χ0n) is 15.1. The molecule has 1 aromatic carbocycles. The molecule has 1 heterocycles. The summed E-state index contributed by atoms with van der Waals surface area (Å²) in [6.45, 7) is 3.92. The summed E-state index contributed by atoms with van der Waals surface area (Å²) in [5.41, 5.74) is 1.90. The molecular weight excluding hydrogens is 352 g/mol. The van der Waals surface area contributed by atoms with Gasteiger partial charge in [-0.15, -0.1) is 11.8 Å². The Labute approximate surface area is 157 Å². The lowest BCUT2D eigenvalue weighted by Crippen LogP contribution is -2.48. The highest BCUT2D eigenvalue weighted by Crippen LogP contribution is 2.45. The van der Waals surface area contributed by atoms with Crippen LogP contribution < -0.4 is 5.32 Å². The summed E-state index contributed by atoms with van der Waals surface area (Å²) < 4.78 is 0. The summed E-state index contributed by atoms with van der Waals surface area (Å²) in [4.78, 5) is 38.5. The number of rotatable bonds is 5. The molecule has 1 unspecified atom stereocenters. The van der Waals surface area contributed by atoms with E-state index in [2.05, 4.69) is 5.32 Å². The van der Waals surface area contributed by atoms with E-state index in [-0.39, 0.29) is 18.2 Å². The number of thioether (sulfide) groups is 1. The van der Waals surface area contributed by atoms with Gasteiger partial charge >= 0.3 is 5.97 Å². The third-order valence-electron chi connectivity index (χ3n) is 5.40. The van der Waals surface area contributed by atoms with Gasteiger partial charge < -0.3 is 15.3 Å². The van der Waals surface area contributed by atoms with E-state index in [4.69, 9.17) is 0 Å². The standard InChI is InChI=1S/C19H24N2O4S/c1-12-4-5-14(13(2)8-12)20-17(23)15-10-26-11-21(15)16(22)9-19(18(24)25)6-3-7-19/h4-5,8,15H,3,6-7,9-11H2,1-2H3,(H,20,23)(H,24,25). The first kappa shape index (κ1) is 18.8. The maximum absolute atomic E-state index is 12.7. The number of carbonyl (C=O) groups is 3. The third-order valence-corrected chi connectivity index (χ3v) is 6.41. The summed E-state index contributed by atoms with van der Waals surface area (Å²) in [6, 6.07) is 5.24. The van der Waals surface area contributed by atoms with Crippen LogP contribution in [0.25, 0.3) is 0 Å². The minimum absolute atomic E-state index is 0.0176. The molecule has 2 fully saturated rings. The average molecular weight is 376 g/mol. The summed E-state index contributed by atoms with van der Waals surface area (Å²) in [5.74, 6) is -0.395. The van der Waals surface area contributed by atoms with E-state index in [1.165, 1.54) is 16.7 Å². The molecule has 7 heteroatoms. The van der Waals surface area contributed by atoms with E-state index < -0.39 is 17.4 Å². The van der Waals surface area contributed by atoms with Crippen molar-refractivity contribution in [2.75, 3.05) is 16.9 Å². The minimum Gasteiger partial charge on any atom is -0.481 e. The van der Waals surface area contributed by atoms with Crippen molar-refractivity contribution in [3.8, 4) is 0 Å². The Balaban J connectivity index is 1.68. The second-order valence-corrected chi connectivity index (χ2v) is 8.30. The second-order valence-electron chi connectivity index (χ2n) is 7.30. The van der Waals surface area contributed by atoms with Crippen LogP contribution in [-0.4, -0.2) is 45.5 Å². The zero-order valence-corrected chi connectivity index (χ0v) is 15.9. The number of nitrogens with one attached hydrogen (secondary N) is 1. The number of aliphatic carboxylic acids is 1. The first-order valence-corrected chi connectivity index (χ1v) is 9.97. The van der Waals surface area contributed by atoms with Crippen molar-refractivity contribution in [2.24, 2.45) is 5.41 Å². The van der Waals surface area contributed by atoms with Crippen molar-refractivity contribution in [3.63, 3.8) is 0 Å². The number of carboxylic acid groups (broad SMARTS) is 1. The molecule has 1 aliphatic carbocycles. The van der Waals surface area contributed by atoms with Crippen molar-refractivity contribution in [2.45, 2.75) is 45.6 Å². The van der Waals surface area contributed by atoms with Gasteiger partial charge in [-0.1, -0.05) is 24.1 Å². The Morgan fingerprint density at radius 3 is 2.62 bits per heavy atom. The number of nitrogens with zero attached hydrogens (tertiary/aromatic N) is 1. The first-order chi connectivity index (χ1) is 12.3. The summed E-state index contributed by atoms with van der Waals surface area (Å²) >= 11 is 1.52. The summed E-state index contributed by atoms with van der Waals surface area (Å²) in [7, 11) is 0. The van der Waals surface area contributed by atoms with Gasteiger partial charge in [-0.2, -0.15) is 0 Å². The first-order valence-electron chi connectivity index (χ1n) is 8.81. The maximum Gasteiger partial charge on any atom is 0.310 e. The van der Waals surface area contributed by atoms with Gasteiger partial charge in [-0.05, 0) is 38.3 Å². The van der Waals surface area contributed by atoms with Gasteiger partial charge in [0.25, 0.3) is 0 Å². The van der Waals surface area contributed by atoms with Crippen LogP contribution >= 0.6 is 11.8 Å². The molecular formula is C19H24N2O4S. The van der Waals surface area contributed by atoms with Gasteiger partial charge in [-0.25, -0.2) is 0 Å². The number of hydrogen-bond acceptors (Lipinski definition) is 4. The van der Waals surface area contributed by atoms with Crippen molar-refractivity contribution in [1.82, 2.24) is 4.90 Å². The molecule has 0 aromatic heterocycles. The van der Waals surface area contributed by atoms with Gasteiger partial charge in [0, 0.05) is 17.9 Å². The molecule has 26 heavy (non-hydrogen) atoms. The van der Waals surface area contributed by atoms with Crippen LogP contribution in [0.15, 0.2) is 18.2 Å². The van der Waals surface area contributed by atoms with Gasteiger partial charge in [0.05, 0.1) is 11.3 Å². The molecule has 1 saturated heterocycles. The number of carbonyl (C=O) groups excluding carboxylic acids is 2. The van der Waals surface area contributed by atoms with E-state index in [0.29, 0.717) is 24.5 Å². The van der Waals surface area contributed by atoms with Crippen molar-refractivity contribution >= 4 is 35.2 Å². The fraction of sp³-hybridized carbons (Fsp3) is 0.526. The lowest BCUT2D eigenvalue weighted by atomic mass is 9.66. The zero-order chi connectivity index (χ0) is 18.9. The van der Waals surface area contributed by atoms with Crippen LogP contribution in [0.2, 0.25) is 0 Å². The predicted molar refractivity (Wildman–Crippen MR) is 101 cm³/mol. The molecule has 0 spiro atoms. The number of aryl methyl sites for hydroxylation is 2. The van der Waals surface area contributed by atoms with Crippen LogP contribution in [0.4, 0.5) is 5.69 Å². The van der Waals surface area contributed by atoms with Crippen molar-refractivity contribution in [1.29, 1.82) is 0 Å². The molecule has 3 rings (SSSR count). The van der Waals surface area contributed by atoms with E-state index >= 15 is 0 Å². The molecule has 2 aliphatic rings. The SMILES string of the molecule is Cc1ccc(NC(=O)C2CSCN2C(=O)CC2(C(=O)O)CCC2)c(C)c1. The highest BCUT2D eigenvalue weighted by Gasteiger charge is 2.48. The van der Waals surface area contributed by atoms with Crippen LogP contribution in [0.1, 0.15) is 36.8 Å². The van der Waals surface area contributed by atoms with Crippen LogP contribution in [0.5, 0.6) is 0 Å². The molecule has 0 bridgehead atoms. The van der Waals surface area contributed by atoms with E-state index in [1.807, 2.05) is 32.0 Å². The number of amides is 2. The third kappa shape index (κ3) is 3.58. The lowest BCUT2D eigenvalue weighted by molar-refractivity contribution is -0.159. The van der Waals surface area contributed by atoms with Crippen molar-refractivity contribution < 1.29 is 19.5 Å². The number of carboxylic acids is 1. The van der Waals surface area contributed by atoms with Gasteiger partial charge in [0.15, 0.2) is 0 Å². The molecule has 1 aromatic rings. The normalized spacial score (nSPS) is 21.2. The maximum atomic E-state index is 12.7. The molecule has 140 valence electrons. The Morgan fingerprint density at radius 2 is 2.04 bits per heavy atom. The fourth-order valence-corrected chi connectivity index (χ4v) is 4.72. The van der Waals surface area contributed by atoms with E-state index in [1.54, 1.807) is 0 Å². The van der Waals surface area contributed by atoms with Crippen LogP contribution in [-0.2, 0) is 14.4 Å².